The van der Waals surface area contributed by atoms with Gasteiger partial charge in [-0.15, -0.1) is 0 Å². The first-order valence-corrected chi connectivity index (χ1v) is 5.58. The number of hydrogen-bond donors (Lipinski definition) is 2. The topological polar surface area (TPSA) is 51.8 Å². The van der Waals surface area contributed by atoms with Crippen LogP contribution >= 0.6 is 0 Å². The molecule has 3 aromatic rings. The van der Waals surface area contributed by atoms with Gasteiger partial charge in [0.25, 0.3) is 0 Å². The van der Waals surface area contributed by atoms with Gasteiger partial charge >= 0.3 is 11.3 Å². The summed E-state index contributed by atoms with van der Waals surface area (Å²) in [6.45, 7) is 0. The van der Waals surface area contributed by atoms with Crippen molar-refractivity contribution in [2.75, 3.05) is 0 Å². The van der Waals surface area contributed by atoms with Gasteiger partial charge in [0.2, 0.25) is 0 Å². The quantitative estimate of drug-likeness (QED) is 0.501. The zero-order valence-electron chi connectivity index (χ0n) is 9.50. The van der Waals surface area contributed by atoms with Crippen LogP contribution in [0.1, 0.15) is 0 Å². The lowest BCUT2D eigenvalue weighted by Crippen LogP contribution is -1.79. The Morgan fingerprint density at radius 3 is 2.44 bits per heavy atom. The molecule has 0 spiro atoms. The highest BCUT2D eigenvalue weighted by Gasteiger charge is 2.15. The van der Waals surface area contributed by atoms with E-state index < -0.39 is 0 Å². The SMILES string of the molecule is Oc1ccc(-c2ccc3ccccc3[o+]2)cc1O. The molecular weight excluding hydrogens is 228 g/mol. The molecule has 18 heavy (non-hydrogen) atoms. The van der Waals surface area contributed by atoms with Crippen molar-refractivity contribution in [3.8, 4) is 22.8 Å². The van der Waals surface area contributed by atoms with Gasteiger partial charge in [0.05, 0.1) is 10.9 Å². The van der Waals surface area contributed by atoms with E-state index >= 15 is 0 Å². The van der Waals surface area contributed by atoms with Gasteiger partial charge < -0.3 is 10.2 Å². The van der Waals surface area contributed by atoms with Crippen molar-refractivity contribution in [3.05, 3.63) is 54.6 Å². The smallest absolute Gasteiger partial charge is 0.360 e. The van der Waals surface area contributed by atoms with E-state index in [2.05, 4.69) is 0 Å². The largest absolute Gasteiger partial charge is 0.504 e. The summed E-state index contributed by atoms with van der Waals surface area (Å²) in [5.41, 5.74) is 1.50. The van der Waals surface area contributed by atoms with Crippen molar-refractivity contribution >= 4 is 11.0 Å². The van der Waals surface area contributed by atoms with Crippen LogP contribution in [0.4, 0.5) is 0 Å². The third kappa shape index (κ3) is 1.76. The van der Waals surface area contributed by atoms with E-state index in [0.717, 1.165) is 16.5 Å². The van der Waals surface area contributed by atoms with Crippen LogP contribution < -0.4 is 0 Å². The van der Waals surface area contributed by atoms with Crippen LogP contribution in [0.25, 0.3) is 22.3 Å². The van der Waals surface area contributed by atoms with Crippen molar-refractivity contribution in [3.63, 3.8) is 0 Å². The van der Waals surface area contributed by atoms with Gasteiger partial charge in [-0.2, -0.15) is 0 Å². The zero-order valence-corrected chi connectivity index (χ0v) is 9.50. The van der Waals surface area contributed by atoms with Crippen LogP contribution in [0.2, 0.25) is 0 Å². The number of para-hydroxylation sites is 1. The summed E-state index contributed by atoms with van der Waals surface area (Å²) < 4.78 is 5.75. The lowest BCUT2D eigenvalue weighted by Gasteiger charge is -1.97. The normalized spacial score (nSPS) is 10.7. The molecule has 0 aliphatic carbocycles. The summed E-state index contributed by atoms with van der Waals surface area (Å²) in [5, 5.41) is 19.8. The molecule has 0 aliphatic rings. The van der Waals surface area contributed by atoms with Gasteiger partial charge in [-0.05, 0) is 24.3 Å². The summed E-state index contributed by atoms with van der Waals surface area (Å²) in [5.74, 6) is 0.347. The Bertz CT molecular complexity index is 720. The van der Waals surface area contributed by atoms with Crippen LogP contribution in [0.5, 0.6) is 11.5 Å². The van der Waals surface area contributed by atoms with Crippen LogP contribution in [0, 0.1) is 0 Å². The summed E-state index contributed by atoms with van der Waals surface area (Å²) in [6, 6.07) is 16.1. The van der Waals surface area contributed by atoms with Crippen LogP contribution in [-0.4, -0.2) is 10.2 Å². The molecule has 0 amide bonds. The van der Waals surface area contributed by atoms with E-state index in [4.69, 9.17) is 4.42 Å². The summed E-state index contributed by atoms with van der Waals surface area (Å²) in [6.07, 6.45) is 0. The number of phenols is 2. The molecule has 2 N–H and O–H groups in total. The number of phenolic OH excluding ortho intramolecular Hbond substituents is 2. The third-order valence-electron chi connectivity index (χ3n) is 2.81. The molecule has 2 aromatic carbocycles. The second-order valence-corrected chi connectivity index (χ2v) is 4.04. The molecule has 3 rings (SSSR count). The second kappa shape index (κ2) is 4.04. The molecule has 0 saturated heterocycles. The summed E-state index contributed by atoms with van der Waals surface area (Å²) >= 11 is 0. The minimum absolute atomic E-state index is 0.139. The predicted molar refractivity (Wildman–Crippen MR) is 69.4 cm³/mol. The molecule has 3 nitrogen and oxygen atoms in total. The number of aromatic hydroxyl groups is 2. The fourth-order valence-corrected chi connectivity index (χ4v) is 1.86. The molecule has 3 heteroatoms. The summed E-state index contributed by atoms with van der Waals surface area (Å²) in [7, 11) is 0. The Balaban J connectivity index is 2.16. The molecule has 0 aliphatic heterocycles. The van der Waals surface area contributed by atoms with Gasteiger partial charge in [-0.3, -0.25) is 0 Å². The minimum Gasteiger partial charge on any atom is -0.504 e. The molecule has 0 saturated carbocycles. The van der Waals surface area contributed by atoms with E-state index in [1.165, 1.54) is 12.1 Å². The maximum absolute atomic E-state index is 9.48. The molecule has 88 valence electrons. The fourth-order valence-electron chi connectivity index (χ4n) is 1.86. The maximum Gasteiger partial charge on any atom is 0.360 e. The zero-order chi connectivity index (χ0) is 12.5. The molecule has 0 radical (unpaired) electrons. The van der Waals surface area contributed by atoms with Crippen LogP contribution in [-0.2, 0) is 0 Å². The molecule has 1 heterocycles. The van der Waals surface area contributed by atoms with Crippen molar-refractivity contribution < 1.29 is 14.6 Å². The van der Waals surface area contributed by atoms with E-state index in [-0.39, 0.29) is 11.5 Å². The van der Waals surface area contributed by atoms with Gasteiger partial charge in [0, 0.05) is 18.2 Å². The first-order chi connectivity index (χ1) is 8.74. The number of fused-ring (bicyclic) bond motifs is 1. The van der Waals surface area contributed by atoms with Gasteiger partial charge in [0.15, 0.2) is 11.5 Å². The number of hydrogen-bond acceptors (Lipinski definition) is 2. The Morgan fingerprint density at radius 1 is 0.778 bits per heavy atom. The fraction of sp³-hybridized carbons (Fsp3) is 0. The lowest BCUT2D eigenvalue weighted by atomic mass is 10.1. The highest BCUT2D eigenvalue weighted by molar-refractivity contribution is 5.78. The molecule has 0 bridgehead atoms. The molecule has 0 unspecified atom stereocenters. The van der Waals surface area contributed by atoms with Gasteiger partial charge in [-0.25, -0.2) is 4.42 Å². The molecule has 0 fully saturated rings. The second-order valence-electron chi connectivity index (χ2n) is 4.04. The number of benzene rings is 2. The van der Waals surface area contributed by atoms with E-state index in [1.54, 1.807) is 6.07 Å². The average molecular weight is 239 g/mol. The monoisotopic (exact) mass is 239 g/mol. The maximum atomic E-state index is 9.48. The molecule has 1 aromatic heterocycles. The van der Waals surface area contributed by atoms with E-state index in [1.807, 2.05) is 36.4 Å². The Kier molecular flexibility index (Phi) is 2.38. The Morgan fingerprint density at radius 2 is 1.61 bits per heavy atom. The Hall–Kier alpha value is -2.55. The van der Waals surface area contributed by atoms with Crippen LogP contribution in [0.3, 0.4) is 0 Å². The minimum atomic E-state index is -0.157. The van der Waals surface area contributed by atoms with Gasteiger partial charge in [0.1, 0.15) is 0 Å². The van der Waals surface area contributed by atoms with Crippen molar-refractivity contribution in [1.29, 1.82) is 0 Å². The van der Waals surface area contributed by atoms with Crippen molar-refractivity contribution in [2.24, 2.45) is 0 Å². The van der Waals surface area contributed by atoms with Crippen molar-refractivity contribution in [1.82, 2.24) is 0 Å². The Labute approximate surface area is 104 Å². The van der Waals surface area contributed by atoms with Gasteiger partial charge in [-0.1, -0.05) is 12.1 Å². The standard InChI is InChI=1S/C15H10O3/c16-12-7-5-11(9-13(12)17)15-8-6-10-3-1-2-4-14(10)18-15/h1-9H,(H-,16,17)/p+1. The van der Waals surface area contributed by atoms with Crippen molar-refractivity contribution in [2.45, 2.75) is 0 Å². The average Bonchev–Trinajstić information content (AvgIpc) is 2.41. The number of rotatable bonds is 1. The summed E-state index contributed by atoms with van der Waals surface area (Å²) in [4.78, 5) is 0. The molecule has 0 atom stereocenters. The third-order valence-corrected chi connectivity index (χ3v) is 2.81. The first kappa shape index (κ1) is 10.6. The van der Waals surface area contributed by atoms with E-state index in [0.29, 0.717) is 5.76 Å². The predicted octanol–water partition coefficient (Wildman–Crippen LogP) is 3.79. The highest BCUT2D eigenvalue weighted by atomic mass is 16.3. The lowest BCUT2D eigenvalue weighted by molar-refractivity contribution is 0.404. The highest BCUT2D eigenvalue weighted by Crippen LogP contribution is 2.31. The first-order valence-electron chi connectivity index (χ1n) is 5.58. The molecular formula is C15H11O3+. The van der Waals surface area contributed by atoms with E-state index in [9.17, 15) is 10.2 Å². The van der Waals surface area contributed by atoms with Crippen LogP contribution in [0.15, 0.2) is 59.0 Å².